The van der Waals surface area contributed by atoms with E-state index in [9.17, 15) is 14.4 Å². The molecule has 3 rings (SSSR count). The Balaban J connectivity index is 1.57. The predicted octanol–water partition coefficient (Wildman–Crippen LogP) is 1.54. The SMILES string of the molecule is CCc1ccc(C(=O)N2CCN(C(=O)C3CCCN3C(C)=O)CC2)cc1. The molecule has 0 N–H and O–H groups in total. The van der Waals surface area contributed by atoms with Gasteiger partial charge in [0.15, 0.2) is 0 Å². The summed E-state index contributed by atoms with van der Waals surface area (Å²) in [7, 11) is 0. The Morgan fingerprint density at radius 3 is 2.15 bits per heavy atom. The lowest BCUT2D eigenvalue weighted by molar-refractivity contribution is -0.143. The van der Waals surface area contributed by atoms with E-state index in [1.165, 1.54) is 12.5 Å². The van der Waals surface area contributed by atoms with Crippen LogP contribution in [0.4, 0.5) is 0 Å². The van der Waals surface area contributed by atoms with E-state index in [2.05, 4.69) is 6.92 Å². The number of carbonyl (C=O) groups excluding carboxylic acids is 3. The minimum atomic E-state index is -0.323. The standard InChI is InChI=1S/C20H27N3O3/c1-3-16-6-8-17(9-7-16)19(25)21-11-13-22(14-12-21)20(26)18-5-4-10-23(18)15(2)24/h6-9,18H,3-5,10-14H2,1-2H3. The first-order chi connectivity index (χ1) is 12.5. The van der Waals surface area contributed by atoms with E-state index < -0.39 is 0 Å². The molecule has 0 saturated carbocycles. The van der Waals surface area contributed by atoms with Crippen molar-refractivity contribution < 1.29 is 14.4 Å². The maximum Gasteiger partial charge on any atom is 0.253 e. The lowest BCUT2D eigenvalue weighted by atomic mass is 10.1. The minimum Gasteiger partial charge on any atom is -0.337 e. The van der Waals surface area contributed by atoms with Gasteiger partial charge in [0.25, 0.3) is 5.91 Å². The molecule has 1 unspecified atom stereocenters. The van der Waals surface area contributed by atoms with Crippen LogP contribution in [0, 0.1) is 0 Å². The van der Waals surface area contributed by atoms with Gasteiger partial charge in [0.2, 0.25) is 11.8 Å². The fourth-order valence-electron chi connectivity index (χ4n) is 3.81. The summed E-state index contributed by atoms with van der Waals surface area (Å²) in [6, 6.07) is 7.41. The van der Waals surface area contributed by atoms with Crippen molar-refractivity contribution in [2.45, 2.75) is 39.2 Å². The van der Waals surface area contributed by atoms with Crippen LogP contribution in [-0.4, -0.2) is 71.2 Å². The van der Waals surface area contributed by atoms with Crippen molar-refractivity contribution in [3.05, 3.63) is 35.4 Å². The average Bonchev–Trinajstić information content (AvgIpc) is 3.17. The summed E-state index contributed by atoms with van der Waals surface area (Å²) >= 11 is 0. The third-order valence-corrected chi connectivity index (χ3v) is 5.43. The number of likely N-dealkylation sites (tertiary alicyclic amines) is 1. The summed E-state index contributed by atoms with van der Waals surface area (Å²) in [5.74, 6) is 0.00766. The first kappa shape index (κ1) is 18.4. The quantitative estimate of drug-likeness (QED) is 0.825. The number of hydrogen-bond donors (Lipinski definition) is 0. The van der Waals surface area contributed by atoms with Gasteiger partial charge in [0.1, 0.15) is 6.04 Å². The van der Waals surface area contributed by atoms with E-state index in [1.807, 2.05) is 29.2 Å². The van der Waals surface area contributed by atoms with E-state index >= 15 is 0 Å². The summed E-state index contributed by atoms with van der Waals surface area (Å²) in [4.78, 5) is 42.4. The molecule has 2 saturated heterocycles. The van der Waals surface area contributed by atoms with E-state index in [0.717, 1.165) is 19.3 Å². The molecule has 2 heterocycles. The summed E-state index contributed by atoms with van der Waals surface area (Å²) in [6.07, 6.45) is 2.57. The van der Waals surface area contributed by atoms with Crippen LogP contribution in [0.2, 0.25) is 0 Å². The van der Waals surface area contributed by atoms with Gasteiger partial charge in [-0.15, -0.1) is 0 Å². The molecule has 2 aliphatic rings. The first-order valence-corrected chi connectivity index (χ1v) is 9.45. The molecule has 1 atom stereocenters. The van der Waals surface area contributed by atoms with Crippen LogP contribution in [0.15, 0.2) is 24.3 Å². The number of amides is 3. The molecule has 0 aromatic heterocycles. The molecule has 6 nitrogen and oxygen atoms in total. The van der Waals surface area contributed by atoms with Crippen LogP contribution < -0.4 is 0 Å². The van der Waals surface area contributed by atoms with Gasteiger partial charge in [-0.3, -0.25) is 14.4 Å². The van der Waals surface area contributed by atoms with E-state index in [4.69, 9.17) is 0 Å². The molecule has 2 fully saturated rings. The molecule has 3 amide bonds. The Morgan fingerprint density at radius 1 is 0.962 bits per heavy atom. The van der Waals surface area contributed by atoms with E-state index in [0.29, 0.717) is 38.3 Å². The Hall–Kier alpha value is -2.37. The Morgan fingerprint density at radius 2 is 1.58 bits per heavy atom. The Kier molecular flexibility index (Phi) is 5.59. The second kappa shape index (κ2) is 7.89. The number of piperazine rings is 1. The molecular formula is C20H27N3O3. The smallest absolute Gasteiger partial charge is 0.253 e. The lowest BCUT2D eigenvalue weighted by Gasteiger charge is -2.37. The van der Waals surface area contributed by atoms with Gasteiger partial charge < -0.3 is 14.7 Å². The topological polar surface area (TPSA) is 60.9 Å². The van der Waals surface area contributed by atoms with Crippen molar-refractivity contribution in [2.24, 2.45) is 0 Å². The summed E-state index contributed by atoms with van der Waals surface area (Å²) in [5, 5.41) is 0. The molecule has 0 bridgehead atoms. The highest BCUT2D eigenvalue weighted by Gasteiger charge is 2.36. The molecule has 1 aromatic rings. The highest BCUT2D eigenvalue weighted by molar-refractivity contribution is 5.94. The lowest BCUT2D eigenvalue weighted by Crippen LogP contribution is -2.55. The maximum absolute atomic E-state index is 12.8. The fourth-order valence-corrected chi connectivity index (χ4v) is 3.81. The second-order valence-corrected chi connectivity index (χ2v) is 7.04. The van der Waals surface area contributed by atoms with Crippen molar-refractivity contribution >= 4 is 17.7 Å². The molecule has 0 spiro atoms. The monoisotopic (exact) mass is 357 g/mol. The third-order valence-electron chi connectivity index (χ3n) is 5.43. The van der Waals surface area contributed by atoms with Gasteiger partial charge in [0.05, 0.1) is 0 Å². The van der Waals surface area contributed by atoms with Crippen LogP contribution in [0.25, 0.3) is 0 Å². The van der Waals surface area contributed by atoms with E-state index in [1.54, 1.807) is 9.80 Å². The van der Waals surface area contributed by atoms with Crippen molar-refractivity contribution in [1.29, 1.82) is 0 Å². The summed E-state index contributed by atoms with van der Waals surface area (Å²) in [5.41, 5.74) is 1.91. The zero-order valence-electron chi connectivity index (χ0n) is 15.6. The largest absolute Gasteiger partial charge is 0.337 e. The highest BCUT2D eigenvalue weighted by atomic mass is 16.2. The Labute approximate surface area is 154 Å². The highest BCUT2D eigenvalue weighted by Crippen LogP contribution is 2.20. The molecule has 0 aliphatic carbocycles. The Bertz CT molecular complexity index is 678. The number of benzene rings is 1. The second-order valence-electron chi connectivity index (χ2n) is 7.04. The van der Waals surface area contributed by atoms with Crippen molar-refractivity contribution in [2.75, 3.05) is 32.7 Å². The predicted molar refractivity (Wildman–Crippen MR) is 98.7 cm³/mol. The van der Waals surface area contributed by atoms with Gasteiger partial charge >= 0.3 is 0 Å². The van der Waals surface area contributed by atoms with Crippen LogP contribution in [0.5, 0.6) is 0 Å². The van der Waals surface area contributed by atoms with Crippen molar-refractivity contribution in [3.8, 4) is 0 Å². The van der Waals surface area contributed by atoms with Gasteiger partial charge in [-0.05, 0) is 37.0 Å². The van der Waals surface area contributed by atoms with Crippen molar-refractivity contribution in [1.82, 2.24) is 14.7 Å². The minimum absolute atomic E-state index is 0.0194. The number of aryl methyl sites for hydroxylation is 1. The average molecular weight is 357 g/mol. The summed E-state index contributed by atoms with van der Waals surface area (Å²) < 4.78 is 0. The zero-order valence-corrected chi connectivity index (χ0v) is 15.6. The third kappa shape index (κ3) is 3.74. The van der Waals surface area contributed by atoms with Crippen LogP contribution in [-0.2, 0) is 16.0 Å². The van der Waals surface area contributed by atoms with Crippen LogP contribution in [0.1, 0.15) is 42.6 Å². The van der Waals surface area contributed by atoms with Crippen LogP contribution >= 0.6 is 0 Å². The number of nitrogens with zero attached hydrogens (tertiary/aromatic N) is 3. The molecule has 0 radical (unpaired) electrons. The van der Waals surface area contributed by atoms with Gasteiger partial charge in [0, 0.05) is 45.2 Å². The summed E-state index contributed by atoms with van der Waals surface area (Å²) in [6.45, 7) is 6.40. The zero-order chi connectivity index (χ0) is 18.7. The molecular weight excluding hydrogens is 330 g/mol. The van der Waals surface area contributed by atoms with Gasteiger partial charge in [-0.2, -0.15) is 0 Å². The molecule has 2 aliphatic heterocycles. The number of carbonyl (C=O) groups is 3. The molecule has 6 heteroatoms. The molecule has 140 valence electrons. The van der Waals surface area contributed by atoms with Gasteiger partial charge in [-0.25, -0.2) is 0 Å². The first-order valence-electron chi connectivity index (χ1n) is 9.45. The maximum atomic E-state index is 12.8. The molecule has 1 aromatic carbocycles. The van der Waals surface area contributed by atoms with Crippen LogP contribution in [0.3, 0.4) is 0 Å². The van der Waals surface area contributed by atoms with Gasteiger partial charge in [-0.1, -0.05) is 19.1 Å². The fraction of sp³-hybridized carbons (Fsp3) is 0.550. The number of hydrogen-bond acceptors (Lipinski definition) is 3. The number of rotatable bonds is 3. The molecule has 26 heavy (non-hydrogen) atoms. The van der Waals surface area contributed by atoms with E-state index in [-0.39, 0.29) is 23.8 Å². The van der Waals surface area contributed by atoms with Crippen molar-refractivity contribution in [3.63, 3.8) is 0 Å². The normalized spacial score (nSPS) is 20.4.